The van der Waals surface area contributed by atoms with E-state index < -0.39 is 0 Å². The molecule has 3 aromatic rings. The molecule has 154 valence electrons. The number of benzene rings is 3. The molecule has 1 atom stereocenters. The van der Waals surface area contributed by atoms with Crippen molar-refractivity contribution in [1.29, 1.82) is 0 Å². The lowest BCUT2D eigenvalue weighted by atomic mass is 10.0. The third-order valence-electron chi connectivity index (χ3n) is 5.09. The van der Waals surface area contributed by atoms with Crippen molar-refractivity contribution in [3.05, 3.63) is 90.0 Å². The molecule has 1 aliphatic rings. The Morgan fingerprint density at radius 2 is 1.53 bits per heavy atom. The zero-order valence-corrected chi connectivity index (χ0v) is 17.2. The molecule has 1 unspecified atom stereocenters. The van der Waals surface area contributed by atoms with Crippen molar-refractivity contribution in [3.63, 3.8) is 0 Å². The molecule has 0 radical (unpaired) electrons. The van der Waals surface area contributed by atoms with Gasteiger partial charge in [-0.05, 0) is 44.2 Å². The van der Waals surface area contributed by atoms with E-state index in [0.29, 0.717) is 18.8 Å². The molecule has 0 fully saturated rings. The summed E-state index contributed by atoms with van der Waals surface area (Å²) in [6.45, 7) is 4.90. The van der Waals surface area contributed by atoms with Crippen LogP contribution in [-0.2, 0) is 0 Å². The Balaban J connectivity index is 1.54. The third kappa shape index (κ3) is 4.10. The molecule has 30 heavy (non-hydrogen) atoms. The number of nitrogens with zero attached hydrogens (tertiary/aromatic N) is 1. The van der Waals surface area contributed by atoms with Gasteiger partial charge in [0.05, 0.1) is 5.56 Å². The van der Waals surface area contributed by atoms with Crippen LogP contribution in [0, 0.1) is 0 Å². The number of fused-ring (bicyclic) bond motifs is 1. The van der Waals surface area contributed by atoms with Crippen molar-refractivity contribution in [3.8, 4) is 11.5 Å². The Labute approximate surface area is 177 Å². The maximum atomic E-state index is 13.2. The van der Waals surface area contributed by atoms with Crippen molar-refractivity contribution in [2.45, 2.75) is 26.1 Å². The standard InChI is InChI=1S/C25H26N2O3/c1-18(2)27-24(26-22-14-8-6-12-20(22)25(27)28)21-13-7-9-15-23(21)30-17-16-29-19-10-4-3-5-11-19/h3-15,18,24,26H,16-17H2,1-2H3. The van der Waals surface area contributed by atoms with Gasteiger partial charge in [0.2, 0.25) is 0 Å². The monoisotopic (exact) mass is 402 g/mol. The maximum Gasteiger partial charge on any atom is 0.258 e. The van der Waals surface area contributed by atoms with Crippen molar-refractivity contribution < 1.29 is 14.3 Å². The van der Waals surface area contributed by atoms with E-state index in [2.05, 4.69) is 5.32 Å². The molecule has 1 aliphatic heterocycles. The number of hydrogen-bond acceptors (Lipinski definition) is 4. The van der Waals surface area contributed by atoms with Crippen LogP contribution in [0.4, 0.5) is 5.69 Å². The summed E-state index contributed by atoms with van der Waals surface area (Å²) < 4.78 is 11.8. The van der Waals surface area contributed by atoms with E-state index >= 15 is 0 Å². The molecule has 5 nitrogen and oxygen atoms in total. The third-order valence-corrected chi connectivity index (χ3v) is 5.09. The smallest absolute Gasteiger partial charge is 0.258 e. The summed E-state index contributed by atoms with van der Waals surface area (Å²) in [4.78, 5) is 15.1. The normalized spacial score (nSPS) is 15.5. The molecule has 5 heteroatoms. The van der Waals surface area contributed by atoms with Crippen molar-refractivity contribution in [2.24, 2.45) is 0 Å². The highest BCUT2D eigenvalue weighted by atomic mass is 16.5. The van der Waals surface area contributed by atoms with Gasteiger partial charge in [-0.15, -0.1) is 0 Å². The van der Waals surface area contributed by atoms with Gasteiger partial charge in [0.25, 0.3) is 5.91 Å². The maximum absolute atomic E-state index is 13.2. The Kier molecular flexibility index (Phi) is 5.89. The van der Waals surface area contributed by atoms with E-state index in [9.17, 15) is 4.79 Å². The van der Waals surface area contributed by atoms with Gasteiger partial charge < -0.3 is 19.7 Å². The van der Waals surface area contributed by atoms with Crippen LogP contribution in [0.3, 0.4) is 0 Å². The van der Waals surface area contributed by atoms with Crippen molar-refractivity contribution in [2.75, 3.05) is 18.5 Å². The van der Waals surface area contributed by atoms with Crippen LogP contribution in [0.15, 0.2) is 78.9 Å². The molecule has 0 spiro atoms. The number of nitrogens with one attached hydrogen (secondary N) is 1. The quantitative estimate of drug-likeness (QED) is 0.558. The van der Waals surface area contributed by atoms with Crippen LogP contribution in [0.25, 0.3) is 0 Å². The first-order chi connectivity index (χ1) is 14.6. The van der Waals surface area contributed by atoms with E-state index in [1.165, 1.54) is 0 Å². The Morgan fingerprint density at radius 3 is 2.33 bits per heavy atom. The summed E-state index contributed by atoms with van der Waals surface area (Å²) in [5.74, 6) is 1.58. The summed E-state index contributed by atoms with van der Waals surface area (Å²) in [6.07, 6.45) is -0.307. The highest BCUT2D eigenvalue weighted by molar-refractivity contribution is 6.01. The van der Waals surface area contributed by atoms with E-state index in [1.54, 1.807) is 0 Å². The molecule has 3 aromatic carbocycles. The number of ether oxygens (including phenoxy) is 2. The second-order valence-corrected chi connectivity index (χ2v) is 7.45. The molecule has 0 saturated carbocycles. The predicted octanol–water partition coefficient (Wildman–Crippen LogP) is 5.12. The van der Waals surface area contributed by atoms with Gasteiger partial charge in [-0.3, -0.25) is 4.79 Å². The molecule has 4 rings (SSSR count). The largest absolute Gasteiger partial charge is 0.490 e. The lowest BCUT2D eigenvalue weighted by Gasteiger charge is -2.41. The fourth-order valence-corrected chi connectivity index (χ4v) is 3.69. The molecular weight excluding hydrogens is 376 g/mol. The molecule has 1 heterocycles. The molecule has 0 aromatic heterocycles. The van der Waals surface area contributed by atoms with E-state index in [-0.39, 0.29) is 18.1 Å². The predicted molar refractivity (Wildman–Crippen MR) is 118 cm³/mol. The molecule has 0 bridgehead atoms. The Bertz CT molecular complexity index is 1000. The molecule has 0 saturated heterocycles. The number of carbonyl (C=O) groups is 1. The Hall–Kier alpha value is -3.47. The summed E-state index contributed by atoms with van der Waals surface area (Å²) >= 11 is 0. The average Bonchev–Trinajstić information content (AvgIpc) is 2.77. The summed E-state index contributed by atoms with van der Waals surface area (Å²) in [6, 6.07) is 25.2. The first-order valence-electron chi connectivity index (χ1n) is 10.2. The molecular formula is C25H26N2O3. The minimum absolute atomic E-state index is 0.0200. The highest BCUT2D eigenvalue weighted by Crippen LogP contribution is 2.37. The van der Waals surface area contributed by atoms with Crippen LogP contribution in [0.2, 0.25) is 0 Å². The van der Waals surface area contributed by atoms with E-state index in [4.69, 9.17) is 9.47 Å². The number of anilines is 1. The van der Waals surface area contributed by atoms with E-state index in [1.807, 2.05) is 97.6 Å². The Morgan fingerprint density at radius 1 is 0.867 bits per heavy atom. The van der Waals surface area contributed by atoms with Crippen LogP contribution in [-0.4, -0.2) is 30.1 Å². The minimum atomic E-state index is -0.307. The summed E-state index contributed by atoms with van der Waals surface area (Å²) in [7, 11) is 0. The molecule has 1 N–H and O–H groups in total. The summed E-state index contributed by atoms with van der Waals surface area (Å²) in [5, 5.41) is 3.53. The van der Waals surface area contributed by atoms with Crippen LogP contribution < -0.4 is 14.8 Å². The first kappa shape index (κ1) is 19.8. The van der Waals surface area contributed by atoms with Gasteiger partial charge in [-0.25, -0.2) is 0 Å². The number of rotatable bonds is 7. The van der Waals surface area contributed by atoms with Gasteiger partial charge in [0.15, 0.2) is 0 Å². The van der Waals surface area contributed by atoms with Gasteiger partial charge in [-0.2, -0.15) is 0 Å². The lowest BCUT2D eigenvalue weighted by Crippen LogP contribution is -2.46. The zero-order chi connectivity index (χ0) is 20.9. The van der Waals surface area contributed by atoms with Gasteiger partial charge >= 0.3 is 0 Å². The highest BCUT2D eigenvalue weighted by Gasteiger charge is 2.35. The number of carbonyl (C=O) groups excluding carboxylic acids is 1. The fraction of sp³-hybridized carbons (Fsp3) is 0.240. The van der Waals surface area contributed by atoms with Crippen molar-refractivity contribution in [1.82, 2.24) is 4.90 Å². The number of amides is 1. The number of hydrogen-bond donors (Lipinski definition) is 1. The number of para-hydroxylation sites is 3. The molecule has 0 aliphatic carbocycles. The molecule has 1 amide bonds. The zero-order valence-electron chi connectivity index (χ0n) is 17.2. The summed E-state index contributed by atoms with van der Waals surface area (Å²) in [5.41, 5.74) is 2.46. The lowest BCUT2D eigenvalue weighted by molar-refractivity contribution is 0.0613. The van der Waals surface area contributed by atoms with Gasteiger partial charge in [-0.1, -0.05) is 48.5 Å². The minimum Gasteiger partial charge on any atom is -0.490 e. The SMILES string of the molecule is CC(C)N1C(=O)c2ccccc2NC1c1ccccc1OCCOc1ccccc1. The average molecular weight is 402 g/mol. The second-order valence-electron chi connectivity index (χ2n) is 7.45. The second kappa shape index (κ2) is 8.91. The fourth-order valence-electron chi connectivity index (χ4n) is 3.69. The topological polar surface area (TPSA) is 50.8 Å². The van der Waals surface area contributed by atoms with Crippen LogP contribution in [0.1, 0.15) is 35.9 Å². The van der Waals surface area contributed by atoms with Crippen molar-refractivity contribution >= 4 is 11.6 Å². The van der Waals surface area contributed by atoms with E-state index in [0.717, 1.165) is 22.7 Å². The van der Waals surface area contributed by atoms with Gasteiger partial charge in [0.1, 0.15) is 30.9 Å². The van der Waals surface area contributed by atoms with Gasteiger partial charge in [0, 0.05) is 17.3 Å². The van der Waals surface area contributed by atoms with Crippen LogP contribution >= 0.6 is 0 Å². The van der Waals surface area contributed by atoms with Crippen LogP contribution in [0.5, 0.6) is 11.5 Å². The first-order valence-corrected chi connectivity index (χ1v) is 10.2.